The molecular weight excluding hydrogens is 442 g/mol. The van der Waals surface area contributed by atoms with E-state index in [1.807, 2.05) is 60.9 Å². The molecule has 0 amide bonds. The number of hydrogen-bond donors (Lipinski definition) is 2. The highest BCUT2D eigenvalue weighted by Crippen LogP contribution is 2.32. The Balaban J connectivity index is 1.32. The number of fused-ring (bicyclic) bond motifs is 1. The van der Waals surface area contributed by atoms with Gasteiger partial charge >= 0.3 is 0 Å². The summed E-state index contributed by atoms with van der Waals surface area (Å²) in [5, 5.41) is 13.2. The molecule has 0 aliphatic carbocycles. The number of nitrogens with one attached hydrogen (secondary N) is 2. The summed E-state index contributed by atoms with van der Waals surface area (Å²) in [6.45, 7) is 1.57. The summed E-state index contributed by atoms with van der Waals surface area (Å²) in [6, 6.07) is 15.6. The van der Waals surface area contributed by atoms with Gasteiger partial charge in [0.2, 0.25) is 0 Å². The van der Waals surface area contributed by atoms with E-state index in [0.29, 0.717) is 5.02 Å². The third-order valence-electron chi connectivity index (χ3n) is 4.96. The zero-order valence-electron chi connectivity index (χ0n) is 17.3. The summed E-state index contributed by atoms with van der Waals surface area (Å²) in [5.41, 5.74) is 3.65. The molecule has 0 aliphatic rings. The van der Waals surface area contributed by atoms with Crippen molar-refractivity contribution in [2.45, 2.75) is 13.1 Å². The summed E-state index contributed by atoms with van der Waals surface area (Å²) < 4.78 is 0. The van der Waals surface area contributed by atoms with E-state index in [4.69, 9.17) is 11.6 Å². The molecular formula is C23H20ClN7S. The summed E-state index contributed by atoms with van der Waals surface area (Å²) in [7, 11) is 2.08. The van der Waals surface area contributed by atoms with Crippen molar-refractivity contribution in [2.24, 2.45) is 0 Å². The summed E-state index contributed by atoms with van der Waals surface area (Å²) >= 11 is 7.94. The number of thiazole rings is 1. The van der Waals surface area contributed by atoms with Gasteiger partial charge in [-0.05, 0) is 43.4 Å². The first-order valence-corrected chi connectivity index (χ1v) is 11.2. The number of benzene rings is 1. The predicted molar refractivity (Wildman–Crippen MR) is 129 cm³/mol. The number of nitrogens with zero attached hydrogens (tertiary/aromatic N) is 5. The number of halogens is 1. The predicted octanol–water partition coefficient (Wildman–Crippen LogP) is 5.51. The van der Waals surface area contributed by atoms with Crippen molar-refractivity contribution in [3.8, 4) is 11.3 Å². The van der Waals surface area contributed by atoms with E-state index in [0.717, 1.165) is 56.8 Å². The van der Waals surface area contributed by atoms with Crippen LogP contribution in [0.1, 0.15) is 10.6 Å². The minimum atomic E-state index is 0.615. The third-order valence-corrected chi connectivity index (χ3v) is 6.16. The van der Waals surface area contributed by atoms with Gasteiger partial charge in [-0.15, -0.1) is 11.3 Å². The normalized spacial score (nSPS) is 11.3. The minimum absolute atomic E-state index is 0.615. The Hall–Kier alpha value is -3.33. The van der Waals surface area contributed by atoms with Gasteiger partial charge in [0.15, 0.2) is 10.9 Å². The van der Waals surface area contributed by atoms with Crippen molar-refractivity contribution in [2.75, 3.05) is 12.4 Å². The fraction of sp³-hybridized carbons (Fsp3) is 0.130. The highest BCUT2D eigenvalue weighted by Gasteiger charge is 2.12. The maximum absolute atomic E-state index is 6.33. The van der Waals surface area contributed by atoms with Crippen LogP contribution in [-0.2, 0) is 13.1 Å². The molecule has 1 aromatic carbocycles. The topological polar surface area (TPSA) is 82.6 Å². The Kier molecular flexibility index (Phi) is 5.81. The Bertz CT molecular complexity index is 1350. The molecule has 5 aromatic rings. The Morgan fingerprint density at radius 2 is 1.94 bits per heavy atom. The van der Waals surface area contributed by atoms with Gasteiger partial charge in [0.05, 0.1) is 21.9 Å². The third kappa shape index (κ3) is 4.47. The van der Waals surface area contributed by atoms with Crippen molar-refractivity contribution in [1.29, 1.82) is 0 Å². The molecule has 160 valence electrons. The second kappa shape index (κ2) is 9.04. The zero-order valence-corrected chi connectivity index (χ0v) is 18.9. The lowest BCUT2D eigenvalue weighted by atomic mass is 10.1. The monoisotopic (exact) mass is 461 g/mol. The van der Waals surface area contributed by atoms with Crippen molar-refractivity contribution in [3.05, 3.63) is 82.7 Å². The van der Waals surface area contributed by atoms with Gasteiger partial charge in [-0.2, -0.15) is 5.10 Å². The first-order valence-electron chi connectivity index (χ1n) is 10.0. The molecule has 0 bridgehead atoms. The lowest BCUT2D eigenvalue weighted by Gasteiger charge is -2.14. The Morgan fingerprint density at radius 1 is 1.03 bits per heavy atom. The van der Waals surface area contributed by atoms with E-state index in [1.54, 1.807) is 17.5 Å². The molecule has 4 aromatic heterocycles. The lowest BCUT2D eigenvalue weighted by molar-refractivity contribution is 0.318. The standard InChI is InChI=1S/C23H20ClN7S/c1-31(13-16-5-2-3-9-25-16)14-17-12-27-23(32-17)28-22-18-11-15(7-8-20(18)29-30-22)21-19(24)6-4-10-26-21/h2-12H,13-14H2,1H3,(H2,27,28,29,30). The molecule has 9 heteroatoms. The van der Waals surface area contributed by atoms with Crippen LogP contribution in [-0.4, -0.2) is 37.1 Å². The summed E-state index contributed by atoms with van der Waals surface area (Å²) in [6.07, 6.45) is 5.46. The van der Waals surface area contributed by atoms with E-state index < -0.39 is 0 Å². The Morgan fingerprint density at radius 3 is 2.78 bits per heavy atom. The number of aromatic nitrogens is 5. The van der Waals surface area contributed by atoms with E-state index in [2.05, 4.69) is 42.4 Å². The summed E-state index contributed by atoms with van der Waals surface area (Å²) in [5.74, 6) is 0.719. The Labute approximate surface area is 194 Å². The van der Waals surface area contributed by atoms with Gasteiger partial charge in [0.25, 0.3) is 0 Å². The SMILES string of the molecule is CN(Cc1ccccn1)Cc1cnc(Nc2n[nH]c3ccc(-c4ncccc4Cl)cc23)s1. The number of pyridine rings is 2. The lowest BCUT2D eigenvalue weighted by Crippen LogP contribution is -2.17. The van der Waals surface area contributed by atoms with Gasteiger partial charge in [-0.3, -0.25) is 20.0 Å². The van der Waals surface area contributed by atoms with Gasteiger partial charge in [0.1, 0.15) is 0 Å². The second-order valence-electron chi connectivity index (χ2n) is 7.42. The van der Waals surface area contributed by atoms with Crippen LogP contribution in [0, 0.1) is 0 Å². The number of H-pyrrole nitrogens is 1. The molecule has 0 saturated heterocycles. The molecule has 4 heterocycles. The van der Waals surface area contributed by atoms with Crippen molar-refractivity contribution in [3.63, 3.8) is 0 Å². The van der Waals surface area contributed by atoms with E-state index in [-0.39, 0.29) is 0 Å². The molecule has 5 rings (SSSR count). The van der Waals surface area contributed by atoms with E-state index in [1.165, 1.54) is 0 Å². The van der Waals surface area contributed by atoms with Gasteiger partial charge in [-0.1, -0.05) is 23.7 Å². The molecule has 32 heavy (non-hydrogen) atoms. The van der Waals surface area contributed by atoms with E-state index >= 15 is 0 Å². The minimum Gasteiger partial charge on any atom is -0.314 e. The van der Waals surface area contributed by atoms with Crippen molar-refractivity contribution in [1.82, 2.24) is 30.0 Å². The molecule has 2 N–H and O–H groups in total. The van der Waals surface area contributed by atoms with Crippen LogP contribution in [0.5, 0.6) is 0 Å². The average Bonchev–Trinajstić information content (AvgIpc) is 3.41. The first kappa shape index (κ1) is 20.6. The quantitative estimate of drug-likeness (QED) is 0.332. The van der Waals surface area contributed by atoms with Gasteiger partial charge < -0.3 is 5.32 Å². The molecule has 0 fully saturated rings. The van der Waals surface area contributed by atoms with E-state index in [9.17, 15) is 0 Å². The second-order valence-corrected chi connectivity index (χ2v) is 8.94. The van der Waals surface area contributed by atoms with Crippen LogP contribution in [0.3, 0.4) is 0 Å². The number of hydrogen-bond acceptors (Lipinski definition) is 7. The fourth-order valence-electron chi connectivity index (χ4n) is 3.48. The van der Waals surface area contributed by atoms with Gasteiger partial charge in [-0.25, -0.2) is 4.98 Å². The largest absolute Gasteiger partial charge is 0.314 e. The molecule has 0 spiro atoms. The molecule has 0 radical (unpaired) electrons. The number of rotatable bonds is 7. The van der Waals surface area contributed by atoms with Crippen LogP contribution in [0.25, 0.3) is 22.2 Å². The zero-order chi connectivity index (χ0) is 21.9. The van der Waals surface area contributed by atoms with Crippen LogP contribution >= 0.6 is 22.9 Å². The molecule has 0 unspecified atom stereocenters. The maximum Gasteiger partial charge on any atom is 0.188 e. The maximum atomic E-state index is 6.33. The first-order chi connectivity index (χ1) is 15.7. The van der Waals surface area contributed by atoms with Gasteiger partial charge in [0, 0.05) is 47.5 Å². The highest BCUT2D eigenvalue weighted by molar-refractivity contribution is 7.15. The summed E-state index contributed by atoms with van der Waals surface area (Å²) in [4.78, 5) is 16.7. The smallest absolute Gasteiger partial charge is 0.188 e. The number of aromatic amines is 1. The van der Waals surface area contributed by atoms with Crippen LogP contribution in [0.2, 0.25) is 5.02 Å². The average molecular weight is 462 g/mol. The molecule has 0 saturated carbocycles. The number of anilines is 2. The highest BCUT2D eigenvalue weighted by atomic mass is 35.5. The fourth-order valence-corrected chi connectivity index (χ4v) is 4.61. The molecule has 0 aliphatic heterocycles. The van der Waals surface area contributed by atoms with Crippen LogP contribution in [0.4, 0.5) is 10.9 Å². The van der Waals surface area contributed by atoms with Crippen LogP contribution < -0.4 is 5.32 Å². The van der Waals surface area contributed by atoms with Crippen LogP contribution in [0.15, 0.2) is 67.1 Å². The van der Waals surface area contributed by atoms with Crippen molar-refractivity contribution >= 4 is 44.8 Å². The molecule has 0 atom stereocenters. The molecule has 7 nitrogen and oxygen atoms in total. The van der Waals surface area contributed by atoms with Crippen molar-refractivity contribution < 1.29 is 0 Å².